The number of carboxylic acids is 1. The van der Waals surface area contributed by atoms with E-state index >= 15 is 0 Å². The zero-order valence-corrected chi connectivity index (χ0v) is 17.2. The van der Waals surface area contributed by atoms with Crippen LogP contribution in [0.1, 0.15) is 38.8 Å². The van der Waals surface area contributed by atoms with Crippen molar-refractivity contribution in [2.24, 2.45) is 5.73 Å². The van der Waals surface area contributed by atoms with Gasteiger partial charge in [0.15, 0.2) is 0 Å². The van der Waals surface area contributed by atoms with Gasteiger partial charge in [-0.05, 0) is 31.5 Å². The lowest BCUT2D eigenvalue weighted by Gasteiger charge is -2.43. The number of carboxylic acid groups (broad SMARTS) is 1. The van der Waals surface area contributed by atoms with Crippen LogP contribution < -0.4 is 11.1 Å². The Morgan fingerprint density at radius 1 is 1.34 bits per heavy atom. The fourth-order valence-corrected chi connectivity index (χ4v) is 4.85. The van der Waals surface area contributed by atoms with Gasteiger partial charge in [-0.2, -0.15) is 0 Å². The van der Waals surface area contributed by atoms with Crippen LogP contribution in [0.4, 0.5) is 0 Å². The van der Waals surface area contributed by atoms with Crippen molar-refractivity contribution < 1.29 is 29.4 Å². The van der Waals surface area contributed by atoms with E-state index in [0.29, 0.717) is 12.0 Å². The molecule has 29 heavy (non-hydrogen) atoms. The van der Waals surface area contributed by atoms with E-state index in [4.69, 9.17) is 5.73 Å². The minimum atomic E-state index is -1.06. The van der Waals surface area contributed by atoms with E-state index in [1.165, 1.54) is 40.9 Å². The van der Waals surface area contributed by atoms with Crippen molar-refractivity contribution >= 4 is 35.8 Å². The van der Waals surface area contributed by atoms with Crippen molar-refractivity contribution in [2.75, 3.05) is 0 Å². The first-order valence-corrected chi connectivity index (χ1v) is 9.94. The number of amides is 2. The molecule has 0 aliphatic carbocycles. The van der Waals surface area contributed by atoms with E-state index in [1.54, 1.807) is 13.8 Å². The second-order valence-corrected chi connectivity index (χ2v) is 9.00. The summed E-state index contributed by atoms with van der Waals surface area (Å²) >= 11 is 1.35. The predicted molar refractivity (Wildman–Crippen MR) is 107 cm³/mol. The third-order valence-electron chi connectivity index (χ3n) is 4.67. The third-order valence-corrected chi connectivity index (χ3v) is 6.25. The Balaban J connectivity index is 0.000000687. The smallest absolute Gasteiger partial charge is 0.327 e. The van der Waals surface area contributed by atoms with Crippen LogP contribution in [0, 0.1) is 0 Å². The van der Waals surface area contributed by atoms with Crippen LogP contribution in [-0.2, 0) is 19.2 Å². The number of carbonyl (C=O) groups excluding carboxylic acids is 3. The molecule has 9 nitrogen and oxygen atoms in total. The molecule has 4 atom stereocenters. The maximum Gasteiger partial charge on any atom is 0.327 e. The van der Waals surface area contributed by atoms with Gasteiger partial charge in [0, 0.05) is 11.2 Å². The van der Waals surface area contributed by atoms with E-state index in [2.05, 4.69) is 5.32 Å². The molecule has 1 aromatic carbocycles. The molecule has 1 unspecified atom stereocenters. The Labute approximate surface area is 172 Å². The standard InChI is InChI=1S/C16H19N3O5S.C3H6O/c1-16(2)11(15(23)24)19-13(22)10(14(19)25-16)18-12(21)9(17)7-3-5-8(20)6-4-7;1-2-3-4/h3-6,9-11,14,20H,17H2,1-2H3,(H,18,21)(H,23,24);3H,2H2,1H3/t9?,10-,11+,14-;/m1./s1. The molecule has 2 aliphatic heterocycles. The van der Waals surface area contributed by atoms with Crippen LogP contribution in [0.3, 0.4) is 0 Å². The van der Waals surface area contributed by atoms with Crippen LogP contribution in [-0.4, -0.2) is 61.4 Å². The summed E-state index contributed by atoms with van der Waals surface area (Å²) in [5.74, 6) is -1.94. The summed E-state index contributed by atoms with van der Waals surface area (Å²) in [6, 6.07) is 3.21. The van der Waals surface area contributed by atoms with Crippen molar-refractivity contribution in [3.63, 3.8) is 0 Å². The number of carbonyl (C=O) groups is 4. The van der Waals surface area contributed by atoms with Crippen molar-refractivity contribution in [3.05, 3.63) is 29.8 Å². The Hall–Kier alpha value is -2.59. The van der Waals surface area contributed by atoms with Gasteiger partial charge >= 0.3 is 5.97 Å². The number of hydrogen-bond donors (Lipinski definition) is 4. The van der Waals surface area contributed by atoms with Crippen LogP contribution in [0.15, 0.2) is 24.3 Å². The number of aldehydes is 1. The largest absolute Gasteiger partial charge is 0.508 e. The lowest BCUT2D eigenvalue weighted by atomic mass is 9.95. The zero-order valence-electron chi connectivity index (χ0n) is 16.4. The molecule has 2 amide bonds. The Kier molecular flexibility index (Phi) is 6.91. The highest BCUT2D eigenvalue weighted by Gasteiger charge is 2.64. The molecule has 5 N–H and O–H groups in total. The number of aliphatic carboxylic acids is 1. The molecule has 2 heterocycles. The molecule has 3 rings (SSSR count). The van der Waals surface area contributed by atoms with Gasteiger partial charge in [0.1, 0.15) is 35.5 Å². The molecule has 0 bridgehead atoms. The van der Waals surface area contributed by atoms with Crippen LogP contribution in [0.2, 0.25) is 0 Å². The highest BCUT2D eigenvalue weighted by atomic mass is 32.2. The van der Waals surface area contributed by atoms with Gasteiger partial charge in [-0.15, -0.1) is 11.8 Å². The highest BCUT2D eigenvalue weighted by Crippen LogP contribution is 2.50. The second-order valence-electron chi connectivity index (χ2n) is 7.23. The van der Waals surface area contributed by atoms with Crippen LogP contribution >= 0.6 is 11.8 Å². The number of hydrogen-bond acceptors (Lipinski definition) is 7. The summed E-state index contributed by atoms with van der Waals surface area (Å²) in [4.78, 5) is 46.6. The normalized spacial score (nSPS) is 25.0. The fraction of sp³-hybridized carbons (Fsp3) is 0.474. The Morgan fingerprint density at radius 2 is 1.90 bits per heavy atom. The molecule has 1 aromatic rings. The van der Waals surface area contributed by atoms with Gasteiger partial charge in [-0.25, -0.2) is 4.79 Å². The van der Waals surface area contributed by atoms with Gasteiger partial charge in [0.25, 0.3) is 0 Å². The molecular weight excluding hydrogens is 398 g/mol. The first-order chi connectivity index (χ1) is 13.5. The molecule has 10 heteroatoms. The average molecular weight is 423 g/mol. The average Bonchev–Trinajstić information content (AvgIpc) is 2.94. The summed E-state index contributed by atoms with van der Waals surface area (Å²) < 4.78 is -0.648. The number of phenols is 1. The number of nitrogens with one attached hydrogen (secondary N) is 1. The molecule has 0 saturated carbocycles. The quantitative estimate of drug-likeness (QED) is 0.398. The van der Waals surface area contributed by atoms with E-state index in [-0.39, 0.29) is 5.75 Å². The van der Waals surface area contributed by atoms with Gasteiger partial charge in [-0.1, -0.05) is 19.1 Å². The zero-order chi connectivity index (χ0) is 21.9. The van der Waals surface area contributed by atoms with Crippen molar-refractivity contribution in [3.8, 4) is 5.75 Å². The molecule has 2 fully saturated rings. The van der Waals surface area contributed by atoms with E-state index in [9.17, 15) is 29.4 Å². The third kappa shape index (κ3) is 4.54. The van der Waals surface area contributed by atoms with E-state index < -0.39 is 46.0 Å². The van der Waals surface area contributed by atoms with Gasteiger partial charge in [0.05, 0.1) is 0 Å². The van der Waals surface area contributed by atoms with Crippen LogP contribution in [0.25, 0.3) is 0 Å². The number of thioether (sulfide) groups is 1. The Bertz CT molecular complexity index is 798. The summed E-state index contributed by atoms with van der Waals surface area (Å²) in [6.45, 7) is 5.35. The molecular formula is C19H25N3O6S. The first-order valence-electron chi connectivity index (χ1n) is 9.06. The topological polar surface area (TPSA) is 150 Å². The second kappa shape index (κ2) is 8.83. The molecule has 0 spiro atoms. The summed E-state index contributed by atoms with van der Waals surface area (Å²) in [5, 5.41) is 20.9. The molecule has 2 saturated heterocycles. The number of phenolic OH excluding ortho intramolecular Hbond substituents is 1. The number of nitrogens with zero attached hydrogens (tertiary/aromatic N) is 1. The molecule has 2 aliphatic rings. The minimum absolute atomic E-state index is 0.0606. The van der Waals surface area contributed by atoms with Crippen molar-refractivity contribution in [1.29, 1.82) is 0 Å². The number of aromatic hydroxyl groups is 1. The van der Waals surface area contributed by atoms with Crippen molar-refractivity contribution in [2.45, 2.75) is 55.4 Å². The summed E-state index contributed by atoms with van der Waals surface area (Å²) in [7, 11) is 0. The summed E-state index contributed by atoms with van der Waals surface area (Å²) in [6.07, 6.45) is 1.51. The number of fused-ring (bicyclic) bond motifs is 1. The van der Waals surface area contributed by atoms with Gasteiger partial charge < -0.3 is 31.0 Å². The predicted octanol–water partition coefficient (Wildman–Crippen LogP) is 0.619. The first kappa shape index (κ1) is 22.7. The number of rotatable bonds is 5. The van der Waals surface area contributed by atoms with Crippen molar-refractivity contribution in [1.82, 2.24) is 10.2 Å². The maximum absolute atomic E-state index is 12.3. The maximum atomic E-state index is 12.3. The van der Waals surface area contributed by atoms with Gasteiger partial charge in [0.2, 0.25) is 11.8 Å². The molecule has 0 aromatic heterocycles. The number of β-lactam (4-membered cyclic amide) rings is 1. The molecule has 158 valence electrons. The lowest BCUT2D eigenvalue weighted by molar-refractivity contribution is -0.161. The van der Waals surface area contributed by atoms with E-state index in [0.717, 1.165) is 6.29 Å². The lowest BCUT2D eigenvalue weighted by Crippen LogP contribution is -2.71. The monoisotopic (exact) mass is 423 g/mol. The van der Waals surface area contributed by atoms with Crippen LogP contribution in [0.5, 0.6) is 5.75 Å². The minimum Gasteiger partial charge on any atom is -0.508 e. The number of nitrogens with two attached hydrogens (primary N) is 1. The Morgan fingerprint density at radius 3 is 2.38 bits per heavy atom. The number of benzene rings is 1. The van der Waals surface area contributed by atoms with Gasteiger partial charge in [-0.3, -0.25) is 9.59 Å². The fourth-order valence-electron chi connectivity index (χ4n) is 3.22. The molecule has 0 radical (unpaired) electrons. The summed E-state index contributed by atoms with van der Waals surface area (Å²) in [5.41, 5.74) is 6.41. The van der Waals surface area contributed by atoms with E-state index in [1.807, 2.05) is 6.92 Å². The highest BCUT2D eigenvalue weighted by molar-refractivity contribution is 8.01. The SMILES string of the molecule is CC1(C)S[C@@H]2[C@H](NC(=O)C(N)c3ccc(O)cc3)C(=O)N2[C@H]1C(=O)O.CCC=O.